The highest BCUT2D eigenvalue weighted by molar-refractivity contribution is 5.89. The zero-order valence-corrected chi connectivity index (χ0v) is 9.41. The highest BCUT2D eigenvalue weighted by atomic mass is 19.1. The van der Waals surface area contributed by atoms with E-state index in [1.807, 2.05) is 0 Å². The number of carbonyl (C=O) groups excluding carboxylic acids is 1. The number of urea groups is 1. The molecule has 0 aliphatic carbocycles. The summed E-state index contributed by atoms with van der Waals surface area (Å²) in [5, 5.41) is 11.1. The molecule has 1 aromatic carbocycles. The van der Waals surface area contributed by atoms with E-state index in [1.165, 1.54) is 4.90 Å². The Kier molecular flexibility index (Phi) is 4.84. The molecule has 0 heterocycles. The number of halogens is 2. The van der Waals surface area contributed by atoms with E-state index in [9.17, 15) is 13.6 Å². The molecule has 17 heavy (non-hydrogen) atoms. The van der Waals surface area contributed by atoms with Gasteiger partial charge in [0.15, 0.2) is 0 Å². The first kappa shape index (κ1) is 13.4. The Bertz CT molecular complexity index is 379. The molecule has 0 aromatic heterocycles. The van der Waals surface area contributed by atoms with Crippen molar-refractivity contribution in [2.75, 3.05) is 25.0 Å². The van der Waals surface area contributed by atoms with Crippen molar-refractivity contribution in [1.82, 2.24) is 4.90 Å². The monoisotopic (exact) mass is 244 g/mol. The summed E-state index contributed by atoms with van der Waals surface area (Å²) in [4.78, 5) is 12.9. The fourth-order valence-electron chi connectivity index (χ4n) is 1.35. The number of aliphatic hydroxyl groups is 1. The minimum Gasteiger partial charge on any atom is -0.395 e. The van der Waals surface area contributed by atoms with Crippen LogP contribution in [0.4, 0.5) is 19.3 Å². The van der Waals surface area contributed by atoms with Gasteiger partial charge in [0.05, 0.1) is 6.61 Å². The molecular weight excluding hydrogens is 230 g/mol. The van der Waals surface area contributed by atoms with Crippen molar-refractivity contribution in [3.8, 4) is 0 Å². The molecule has 0 unspecified atom stereocenters. The third-order valence-electron chi connectivity index (χ3n) is 2.15. The maximum absolute atomic E-state index is 12.9. The standard InChI is InChI=1S/C11H14F2N2O2/c1-2-15(3-4-16)11(17)14-10-6-8(12)5-9(13)7-10/h5-7,16H,2-4H2,1H3,(H,14,17). The molecule has 0 aliphatic heterocycles. The van der Waals surface area contributed by atoms with Gasteiger partial charge in [-0.25, -0.2) is 13.6 Å². The van der Waals surface area contributed by atoms with Gasteiger partial charge in [0.1, 0.15) is 11.6 Å². The Balaban J connectivity index is 2.72. The zero-order valence-electron chi connectivity index (χ0n) is 9.41. The maximum atomic E-state index is 12.9. The topological polar surface area (TPSA) is 52.6 Å². The van der Waals surface area contributed by atoms with Crippen LogP contribution in [-0.2, 0) is 0 Å². The highest BCUT2D eigenvalue weighted by Gasteiger charge is 2.11. The molecule has 1 aromatic rings. The number of anilines is 1. The Morgan fingerprint density at radius 2 is 1.94 bits per heavy atom. The lowest BCUT2D eigenvalue weighted by Gasteiger charge is -2.20. The van der Waals surface area contributed by atoms with E-state index in [2.05, 4.69) is 5.32 Å². The molecular formula is C11H14F2N2O2. The summed E-state index contributed by atoms with van der Waals surface area (Å²) in [6.45, 7) is 2.13. The number of hydrogen-bond donors (Lipinski definition) is 2. The number of nitrogens with zero attached hydrogens (tertiary/aromatic N) is 1. The van der Waals surface area contributed by atoms with E-state index in [0.717, 1.165) is 18.2 Å². The van der Waals surface area contributed by atoms with Crippen molar-refractivity contribution < 1.29 is 18.7 Å². The van der Waals surface area contributed by atoms with Crippen LogP contribution in [0.5, 0.6) is 0 Å². The second-order valence-corrected chi connectivity index (χ2v) is 3.39. The Morgan fingerprint density at radius 3 is 2.41 bits per heavy atom. The molecule has 1 rings (SSSR count). The SMILES string of the molecule is CCN(CCO)C(=O)Nc1cc(F)cc(F)c1. The van der Waals surface area contributed by atoms with Crippen LogP contribution < -0.4 is 5.32 Å². The van der Waals surface area contributed by atoms with Crippen LogP contribution in [0.3, 0.4) is 0 Å². The summed E-state index contributed by atoms with van der Waals surface area (Å²) in [5.74, 6) is -1.52. The maximum Gasteiger partial charge on any atom is 0.321 e. The van der Waals surface area contributed by atoms with Crippen LogP contribution >= 0.6 is 0 Å². The second-order valence-electron chi connectivity index (χ2n) is 3.39. The quantitative estimate of drug-likeness (QED) is 0.848. The fourth-order valence-corrected chi connectivity index (χ4v) is 1.35. The first-order valence-corrected chi connectivity index (χ1v) is 5.19. The normalized spacial score (nSPS) is 10.1. The van der Waals surface area contributed by atoms with Crippen LogP contribution in [0.15, 0.2) is 18.2 Å². The van der Waals surface area contributed by atoms with Crippen molar-refractivity contribution in [3.63, 3.8) is 0 Å². The Morgan fingerprint density at radius 1 is 1.35 bits per heavy atom. The lowest BCUT2D eigenvalue weighted by molar-refractivity contribution is 0.192. The number of benzene rings is 1. The van der Waals surface area contributed by atoms with Crippen LogP contribution in [0.2, 0.25) is 0 Å². The first-order chi connectivity index (χ1) is 8.06. The molecule has 2 N–H and O–H groups in total. The minimum absolute atomic E-state index is 0.0453. The lowest BCUT2D eigenvalue weighted by Crippen LogP contribution is -2.36. The summed E-state index contributed by atoms with van der Waals surface area (Å²) in [6.07, 6.45) is 0. The number of nitrogens with one attached hydrogen (secondary N) is 1. The molecule has 0 saturated carbocycles. The molecule has 0 saturated heterocycles. The van der Waals surface area contributed by atoms with Crippen molar-refractivity contribution in [2.24, 2.45) is 0 Å². The molecule has 94 valence electrons. The van der Waals surface area contributed by atoms with Crippen LogP contribution in [0.25, 0.3) is 0 Å². The molecule has 0 atom stereocenters. The fraction of sp³-hybridized carbons (Fsp3) is 0.364. The van der Waals surface area contributed by atoms with Gasteiger partial charge in [0.2, 0.25) is 0 Å². The molecule has 0 radical (unpaired) electrons. The van der Waals surface area contributed by atoms with E-state index >= 15 is 0 Å². The molecule has 6 heteroatoms. The minimum atomic E-state index is -0.759. The lowest BCUT2D eigenvalue weighted by atomic mass is 10.3. The van der Waals surface area contributed by atoms with E-state index < -0.39 is 17.7 Å². The van der Waals surface area contributed by atoms with Gasteiger partial charge in [-0.3, -0.25) is 0 Å². The number of hydrogen-bond acceptors (Lipinski definition) is 2. The van der Waals surface area contributed by atoms with Gasteiger partial charge in [-0.05, 0) is 19.1 Å². The van der Waals surface area contributed by atoms with Crippen LogP contribution in [0, 0.1) is 11.6 Å². The molecule has 0 fully saturated rings. The third-order valence-corrected chi connectivity index (χ3v) is 2.15. The predicted octanol–water partition coefficient (Wildman–Crippen LogP) is 1.81. The molecule has 0 spiro atoms. The van der Waals surface area contributed by atoms with E-state index in [1.54, 1.807) is 6.92 Å². The van der Waals surface area contributed by atoms with Gasteiger partial charge in [0.25, 0.3) is 0 Å². The van der Waals surface area contributed by atoms with Crippen molar-refractivity contribution in [3.05, 3.63) is 29.8 Å². The average Bonchev–Trinajstić information content (AvgIpc) is 2.24. The molecule has 0 bridgehead atoms. The van der Waals surface area contributed by atoms with Crippen LogP contribution in [-0.4, -0.2) is 35.7 Å². The number of amides is 2. The Hall–Kier alpha value is -1.69. The smallest absolute Gasteiger partial charge is 0.321 e. The van der Waals surface area contributed by atoms with Crippen molar-refractivity contribution in [2.45, 2.75) is 6.92 Å². The van der Waals surface area contributed by atoms with Gasteiger partial charge in [-0.2, -0.15) is 0 Å². The predicted molar refractivity (Wildman–Crippen MR) is 59.7 cm³/mol. The Labute approximate surface area is 97.9 Å². The van der Waals surface area contributed by atoms with E-state index in [4.69, 9.17) is 5.11 Å². The highest BCUT2D eigenvalue weighted by Crippen LogP contribution is 2.13. The van der Waals surface area contributed by atoms with E-state index in [0.29, 0.717) is 6.54 Å². The number of aliphatic hydroxyl groups excluding tert-OH is 1. The number of likely N-dealkylation sites (N-methyl/N-ethyl adjacent to an activating group) is 1. The van der Waals surface area contributed by atoms with Gasteiger partial charge in [-0.15, -0.1) is 0 Å². The summed E-state index contributed by atoms with van der Waals surface area (Å²) < 4.78 is 25.7. The van der Waals surface area contributed by atoms with Gasteiger partial charge in [-0.1, -0.05) is 0 Å². The zero-order chi connectivity index (χ0) is 12.8. The van der Waals surface area contributed by atoms with Gasteiger partial charge >= 0.3 is 6.03 Å². The van der Waals surface area contributed by atoms with Gasteiger partial charge in [0, 0.05) is 24.8 Å². The van der Waals surface area contributed by atoms with Gasteiger partial charge < -0.3 is 15.3 Å². The average molecular weight is 244 g/mol. The van der Waals surface area contributed by atoms with Crippen LogP contribution in [0.1, 0.15) is 6.92 Å². The molecule has 2 amide bonds. The summed E-state index contributed by atoms with van der Waals surface area (Å²) in [7, 11) is 0. The largest absolute Gasteiger partial charge is 0.395 e. The summed E-state index contributed by atoms with van der Waals surface area (Å²) >= 11 is 0. The summed E-state index contributed by atoms with van der Waals surface area (Å²) in [6, 6.07) is 2.26. The second kappa shape index (κ2) is 6.15. The van der Waals surface area contributed by atoms with E-state index in [-0.39, 0.29) is 18.8 Å². The number of carbonyl (C=O) groups is 1. The summed E-state index contributed by atoms with van der Waals surface area (Å²) in [5.41, 5.74) is 0.0453. The van der Waals surface area contributed by atoms with Crippen molar-refractivity contribution in [1.29, 1.82) is 0 Å². The first-order valence-electron chi connectivity index (χ1n) is 5.19. The third kappa shape index (κ3) is 3.99. The molecule has 4 nitrogen and oxygen atoms in total. The number of rotatable bonds is 4. The van der Waals surface area contributed by atoms with Crippen molar-refractivity contribution >= 4 is 11.7 Å². The molecule has 0 aliphatic rings.